The fraction of sp³-hybridized carbons (Fsp3) is 0.400. The number of amides is 3. The summed E-state index contributed by atoms with van der Waals surface area (Å²) in [7, 11) is 0. The van der Waals surface area contributed by atoms with Crippen molar-refractivity contribution in [3.05, 3.63) is 65.2 Å². The summed E-state index contributed by atoms with van der Waals surface area (Å²) >= 11 is 0. The Hall–Kier alpha value is -3.15. The lowest BCUT2D eigenvalue weighted by Gasteiger charge is -2.33. The van der Waals surface area contributed by atoms with Crippen LogP contribution in [0.5, 0.6) is 0 Å². The summed E-state index contributed by atoms with van der Waals surface area (Å²) in [5.41, 5.74) is 2.93. The van der Waals surface area contributed by atoms with E-state index in [0.29, 0.717) is 42.5 Å². The van der Waals surface area contributed by atoms with Gasteiger partial charge in [0.25, 0.3) is 11.8 Å². The van der Waals surface area contributed by atoms with E-state index in [1.165, 1.54) is 10.5 Å². The second kappa shape index (κ2) is 9.33. The third-order valence-electron chi connectivity index (χ3n) is 6.13. The molecule has 3 amide bonds. The Bertz CT molecular complexity index is 927. The molecule has 4 rings (SSSR count). The minimum Gasteiger partial charge on any atom is -0.446 e. The molecule has 0 saturated heterocycles. The number of benzene rings is 2. The molecule has 1 fully saturated rings. The Balaban J connectivity index is 1.26. The number of rotatable bonds is 6. The molecule has 2 aromatic rings. The molecule has 6 nitrogen and oxygen atoms in total. The molecule has 0 bridgehead atoms. The quantitative estimate of drug-likeness (QED) is 0.653. The first-order valence-corrected chi connectivity index (χ1v) is 11.1. The number of aryl methyl sites for hydroxylation is 1. The minimum atomic E-state index is -0.467. The van der Waals surface area contributed by atoms with Gasteiger partial charge in [-0.15, -0.1) is 0 Å². The second-order valence-electron chi connectivity index (χ2n) is 8.29. The summed E-state index contributed by atoms with van der Waals surface area (Å²) < 4.78 is 5.58. The zero-order valence-corrected chi connectivity index (χ0v) is 17.8. The van der Waals surface area contributed by atoms with E-state index in [-0.39, 0.29) is 24.0 Å². The van der Waals surface area contributed by atoms with Gasteiger partial charge in [-0.25, -0.2) is 4.79 Å². The van der Waals surface area contributed by atoms with Gasteiger partial charge in [0.1, 0.15) is 6.10 Å². The zero-order valence-electron chi connectivity index (χ0n) is 17.8. The van der Waals surface area contributed by atoms with Crippen molar-refractivity contribution in [2.45, 2.75) is 64.0 Å². The number of unbranched alkanes of at least 4 members (excludes halogenated alkanes) is 1. The predicted molar refractivity (Wildman–Crippen MR) is 118 cm³/mol. The maximum absolute atomic E-state index is 12.7. The Labute approximate surface area is 182 Å². The summed E-state index contributed by atoms with van der Waals surface area (Å²) in [6.07, 6.45) is 5.19. The van der Waals surface area contributed by atoms with E-state index < -0.39 is 6.09 Å². The van der Waals surface area contributed by atoms with Gasteiger partial charge in [0.05, 0.1) is 11.1 Å². The number of fused-ring (bicyclic) bond motifs is 1. The highest BCUT2D eigenvalue weighted by atomic mass is 16.6. The van der Waals surface area contributed by atoms with Gasteiger partial charge in [-0.05, 0) is 68.4 Å². The monoisotopic (exact) mass is 420 g/mol. The zero-order chi connectivity index (χ0) is 21.8. The lowest BCUT2D eigenvalue weighted by molar-refractivity contribution is 0.0402. The molecule has 1 aliphatic heterocycles. The molecule has 1 N–H and O–H groups in total. The van der Waals surface area contributed by atoms with Crippen molar-refractivity contribution in [3.63, 3.8) is 0 Å². The van der Waals surface area contributed by atoms with Crippen LogP contribution in [-0.2, 0) is 11.2 Å². The van der Waals surface area contributed by atoms with Crippen LogP contribution >= 0.6 is 0 Å². The summed E-state index contributed by atoms with van der Waals surface area (Å²) in [5, 5.41) is 2.79. The molecule has 0 unspecified atom stereocenters. The SMILES string of the molecule is CCCCc1ccc(NC(=O)O[C@H]2CC[C@H](N3C(=O)c4ccccc4C3=O)CC2)cc1. The van der Waals surface area contributed by atoms with E-state index in [2.05, 4.69) is 12.2 Å². The van der Waals surface area contributed by atoms with E-state index in [0.717, 1.165) is 19.3 Å². The third kappa shape index (κ3) is 4.63. The highest BCUT2D eigenvalue weighted by molar-refractivity contribution is 6.21. The largest absolute Gasteiger partial charge is 0.446 e. The molecule has 2 aromatic carbocycles. The van der Waals surface area contributed by atoms with E-state index in [9.17, 15) is 14.4 Å². The van der Waals surface area contributed by atoms with Gasteiger partial charge in [0, 0.05) is 11.7 Å². The molecule has 1 aliphatic carbocycles. The summed E-state index contributed by atoms with van der Waals surface area (Å²) in [5.74, 6) is -0.435. The molecule has 0 radical (unpaired) electrons. The number of carbonyl (C=O) groups is 3. The summed E-state index contributed by atoms with van der Waals surface area (Å²) in [6, 6.07) is 14.6. The van der Waals surface area contributed by atoms with Crippen LogP contribution in [0.3, 0.4) is 0 Å². The summed E-state index contributed by atoms with van der Waals surface area (Å²) in [4.78, 5) is 39.0. The number of anilines is 1. The van der Waals surface area contributed by atoms with Crippen LogP contribution in [0.25, 0.3) is 0 Å². The number of hydrogen-bond donors (Lipinski definition) is 1. The predicted octanol–water partition coefficient (Wildman–Crippen LogP) is 5.19. The van der Waals surface area contributed by atoms with Gasteiger partial charge < -0.3 is 4.74 Å². The molecule has 6 heteroatoms. The average molecular weight is 421 g/mol. The van der Waals surface area contributed by atoms with Gasteiger partial charge in [0.15, 0.2) is 0 Å². The second-order valence-corrected chi connectivity index (χ2v) is 8.29. The fourth-order valence-electron chi connectivity index (χ4n) is 4.40. The molecule has 0 aromatic heterocycles. The molecule has 162 valence electrons. The number of nitrogens with zero attached hydrogens (tertiary/aromatic N) is 1. The van der Waals surface area contributed by atoms with Crippen LogP contribution in [-0.4, -0.2) is 35.0 Å². The third-order valence-corrected chi connectivity index (χ3v) is 6.13. The molecule has 1 heterocycles. The first kappa shape index (κ1) is 21.1. The van der Waals surface area contributed by atoms with Crippen molar-refractivity contribution < 1.29 is 19.1 Å². The summed E-state index contributed by atoms with van der Waals surface area (Å²) in [6.45, 7) is 2.17. The molecule has 1 saturated carbocycles. The number of hydrogen-bond acceptors (Lipinski definition) is 4. The molecule has 31 heavy (non-hydrogen) atoms. The van der Waals surface area contributed by atoms with Crippen LogP contribution in [0.2, 0.25) is 0 Å². The fourth-order valence-corrected chi connectivity index (χ4v) is 4.40. The Morgan fingerprint density at radius 1 is 0.968 bits per heavy atom. The van der Waals surface area contributed by atoms with Crippen molar-refractivity contribution in [2.24, 2.45) is 0 Å². The Kier molecular flexibility index (Phi) is 6.35. The normalized spacial score (nSPS) is 20.5. The van der Waals surface area contributed by atoms with Gasteiger partial charge >= 0.3 is 6.09 Å². The highest BCUT2D eigenvalue weighted by Gasteiger charge is 2.41. The van der Waals surface area contributed by atoms with Crippen LogP contribution in [0.15, 0.2) is 48.5 Å². The van der Waals surface area contributed by atoms with Gasteiger partial charge in [0.2, 0.25) is 0 Å². The van der Waals surface area contributed by atoms with Crippen molar-refractivity contribution in [1.82, 2.24) is 4.90 Å². The standard InChI is InChI=1S/C25H28N2O4/c1-2-3-6-17-9-11-18(12-10-17)26-25(30)31-20-15-13-19(14-16-20)27-23(28)21-7-4-5-8-22(21)24(27)29/h4-5,7-12,19-20H,2-3,6,13-16H2,1H3,(H,26,30)/t19-,20-. The minimum absolute atomic E-state index is 0.147. The van der Waals surface area contributed by atoms with Crippen LogP contribution in [0.4, 0.5) is 10.5 Å². The number of ether oxygens (including phenoxy) is 1. The topological polar surface area (TPSA) is 75.7 Å². The van der Waals surface area contributed by atoms with Crippen molar-refractivity contribution >= 4 is 23.6 Å². The molecule has 0 spiro atoms. The van der Waals surface area contributed by atoms with Crippen LogP contribution in [0, 0.1) is 0 Å². The average Bonchev–Trinajstić information content (AvgIpc) is 3.04. The first-order chi connectivity index (χ1) is 15.1. The molecule has 2 aliphatic rings. The number of nitrogens with one attached hydrogen (secondary N) is 1. The molecule has 0 atom stereocenters. The van der Waals surface area contributed by atoms with Gasteiger partial charge in [-0.1, -0.05) is 37.6 Å². The highest BCUT2D eigenvalue weighted by Crippen LogP contribution is 2.32. The number of imide groups is 1. The smallest absolute Gasteiger partial charge is 0.411 e. The number of carbonyl (C=O) groups excluding carboxylic acids is 3. The van der Waals surface area contributed by atoms with Crippen molar-refractivity contribution in [2.75, 3.05) is 5.32 Å². The van der Waals surface area contributed by atoms with Crippen molar-refractivity contribution in [3.8, 4) is 0 Å². The first-order valence-electron chi connectivity index (χ1n) is 11.1. The Morgan fingerprint density at radius 2 is 1.58 bits per heavy atom. The molecular weight excluding hydrogens is 392 g/mol. The van der Waals surface area contributed by atoms with Gasteiger partial charge in [-0.2, -0.15) is 0 Å². The maximum atomic E-state index is 12.7. The van der Waals surface area contributed by atoms with E-state index >= 15 is 0 Å². The van der Waals surface area contributed by atoms with E-state index in [1.54, 1.807) is 24.3 Å². The van der Waals surface area contributed by atoms with E-state index in [1.807, 2.05) is 24.3 Å². The van der Waals surface area contributed by atoms with Crippen LogP contribution in [0.1, 0.15) is 71.7 Å². The lowest BCUT2D eigenvalue weighted by atomic mass is 9.92. The maximum Gasteiger partial charge on any atom is 0.411 e. The van der Waals surface area contributed by atoms with E-state index in [4.69, 9.17) is 4.74 Å². The van der Waals surface area contributed by atoms with Crippen LogP contribution < -0.4 is 5.32 Å². The van der Waals surface area contributed by atoms with Gasteiger partial charge in [-0.3, -0.25) is 19.8 Å². The van der Waals surface area contributed by atoms with Crippen molar-refractivity contribution in [1.29, 1.82) is 0 Å². The Morgan fingerprint density at radius 3 is 2.16 bits per heavy atom. The lowest BCUT2D eigenvalue weighted by Crippen LogP contribution is -2.43. The molecular formula is C25H28N2O4.